The molecule has 2 aliphatic rings. The summed E-state index contributed by atoms with van der Waals surface area (Å²) in [5, 5.41) is 1.91. The number of ether oxygens (including phenoxy) is 2. The maximum Gasteiger partial charge on any atom is 0.251 e. The molecule has 4 rings (SSSR count). The minimum atomic E-state index is -0.204. The minimum Gasteiger partial charge on any atom is -0.497 e. The van der Waals surface area contributed by atoms with E-state index in [1.807, 2.05) is 59.9 Å². The molecular formula is C21H23N3O3. The summed E-state index contributed by atoms with van der Waals surface area (Å²) in [5.74, 6) is 1.74. The Balaban J connectivity index is 1.46. The highest BCUT2D eigenvalue weighted by Gasteiger charge is 2.39. The second kappa shape index (κ2) is 7.32. The van der Waals surface area contributed by atoms with Crippen LogP contribution in [0.3, 0.4) is 0 Å². The number of hydrazine groups is 1. The Hall–Kier alpha value is -2.99. The van der Waals surface area contributed by atoms with E-state index in [1.165, 1.54) is 0 Å². The van der Waals surface area contributed by atoms with E-state index < -0.39 is 0 Å². The topological polar surface area (TPSA) is 54.0 Å². The van der Waals surface area contributed by atoms with Gasteiger partial charge in [-0.3, -0.25) is 4.79 Å². The van der Waals surface area contributed by atoms with Crippen molar-refractivity contribution in [3.8, 4) is 11.5 Å². The molecule has 0 aliphatic carbocycles. The predicted molar refractivity (Wildman–Crippen MR) is 102 cm³/mol. The van der Waals surface area contributed by atoms with Crippen molar-refractivity contribution in [1.82, 2.24) is 15.3 Å². The van der Waals surface area contributed by atoms with Gasteiger partial charge in [-0.05, 0) is 41.8 Å². The van der Waals surface area contributed by atoms with Crippen LogP contribution in [0.15, 0.2) is 60.9 Å². The van der Waals surface area contributed by atoms with Gasteiger partial charge in [-0.1, -0.05) is 24.3 Å². The summed E-state index contributed by atoms with van der Waals surface area (Å²) in [6.45, 7) is 0.549. The van der Waals surface area contributed by atoms with Crippen molar-refractivity contribution in [3.63, 3.8) is 0 Å². The van der Waals surface area contributed by atoms with E-state index in [1.54, 1.807) is 19.1 Å². The van der Waals surface area contributed by atoms with E-state index in [-0.39, 0.29) is 18.0 Å². The van der Waals surface area contributed by atoms with E-state index in [2.05, 4.69) is 11.5 Å². The second-order valence-corrected chi connectivity index (χ2v) is 6.73. The lowest BCUT2D eigenvalue weighted by molar-refractivity contribution is -0.134. The molecule has 0 aromatic heterocycles. The van der Waals surface area contributed by atoms with Crippen LogP contribution in [0.25, 0.3) is 0 Å². The first-order valence-corrected chi connectivity index (χ1v) is 8.98. The highest BCUT2D eigenvalue weighted by molar-refractivity contribution is 5.84. The monoisotopic (exact) mass is 365 g/mol. The summed E-state index contributed by atoms with van der Waals surface area (Å²) >= 11 is 0. The Morgan fingerprint density at radius 1 is 1.04 bits per heavy atom. The number of hydrogen-bond donors (Lipinski definition) is 1. The van der Waals surface area contributed by atoms with Crippen molar-refractivity contribution in [1.29, 1.82) is 0 Å². The zero-order chi connectivity index (χ0) is 18.8. The number of carbonyl (C=O) groups is 1. The number of carbonyl (C=O) groups excluding carboxylic acids is 1. The van der Waals surface area contributed by atoms with Crippen molar-refractivity contribution in [2.24, 2.45) is 0 Å². The molecule has 140 valence electrons. The summed E-state index contributed by atoms with van der Waals surface area (Å²) in [5.41, 5.74) is 5.60. The minimum absolute atomic E-state index is 0.0830. The molecular weight excluding hydrogens is 342 g/mol. The maximum atomic E-state index is 13.0. The van der Waals surface area contributed by atoms with Crippen LogP contribution in [0.5, 0.6) is 11.5 Å². The highest BCUT2D eigenvalue weighted by atomic mass is 16.5. The Bertz CT molecular complexity index is 850. The summed E-state index contributed by atoms with van der Waals surface area (Å²) in [6, 6.07) is 15.6. The van der Waals surface area contributed by atoms with Crippen LogP contribution < -0.4 is 14.9 Å². The van der Waals surface area contributed by atoms with Crippen LogP contribution >= 0.6 is 0 Å². The van der Waals surface area contributed by atoms with Gasteiger partial charge in [0.15, 0.2) is 0 Å². The van der Waals surface area contributed by atoms with Crippen molar-refractivity contribution in [2.45, 2.75) is 25.0 Å². The zero-order valence-electron chi connectivity index (χ0n) is 15.5. The number of hydrogen-bond acceptors (Lipinski definition) is 5. The Morgan fingerprint density at radius 2 is 1.81 bits per heavy atom. The van der Waals surface area contributed by atoms with Crippen LogP contribution in [0.4, 0.5) is 0 Å². The standard InChI is InChI=1S/C21H23N3O3/c1-26-17-8-6-15(7-9-17)14-23-10-11-24-20(21(23)25)13-19(22-24)16-4-3-5-18(12-16)27-2/h3-12,19-20,22H,13-14H2,1-2H3. The third-order valence-corrected chi connectivity index (χ3v) is 5.08. The van der Waals surface area contributed by atoms with Gasteiger partial charge in [0.05, 0.1) is 26.8 Å². The molecule has 0 radical (unpaired) electrons. The Kier molecular flexibility index (Phi) is 4.73. The molecule has 0 bridgehead atoms. The molecule has 1 saturated heterocycles. The van der Waals surface area contributed by atoms with Crippen LogP contribution in [0, 0.1) is 0 Å². The third kappa shape index (κ3) is 3.48. The lowest BCUT2D eigenvalue weighted by atomic mass is 10.0. The van der Waals surface area contributed by atoms with E-state index in [0.29, 0.717) is 6.54 Å². The van der Waals surface area contributed by atoms with E-state index in [0.717, 1.165) is 29.0 Å². The Labute approximate surface area is 158 Å². The van der Waals surface area contributed by atoms with E-state index in [4.69, 9.17) is 9.47 Å². The first-order valence-electron chi connectivity index (χ1n) is 8.98. The molecule has 2 heterocycles. The summed E-state index contributed by atoms with van der Waals surface area (Å²) in [4.78, 5) is 14.8. The quantitative estimate of drug-likeness (QED) is 0.883. The van der Waals surface area contributed by atoms with Crippen molar-refractivity contribution in [2.75, 3.05) is 14.2 Å². The van der Waals surface area contributed by atoms with Gasteiger partial charge in [-0.15, -0.1) is 0 Å². The van der Waals surface area contributed by atoms with Gasteiger partial charge < -0.3 is 19.4 Å². The molecule has 2 atom stereocenters. The SMILES string of the molecule is COc1ccc(CN2C=CN3NC(c4cccc(OC)c4)CC3C2=O)cc1. The van der Waals surface area contributed by atoms with Crippen molar-refractivity contribution < 1.29 is 14.3 Å². The zero-order valence-corrected chi connectivity index (χ0v) is 15.5. The van der Waals surface area contributed by atoms with Gasteiger partial charge in [0.1, 0.15) is 17.5 Å². The molecule has 6 nitrogen and oxygen atoms in total. The molecule has 6 heteroatoms. The normalized spacial score (nSPS) is 21.3. The average Bonchev–Trinajstić information content (AvgIpc) is 3.16. The largest absolute Gasteiger partial charge is 0.497 e. The van der Waals surface area contributed by atoms with Crippen LogP contribution in [0.2, 0.25) is 0 Å². The number of fused-ring (bicyclic) bond motifs is 1. The lowest BCUT2D eigenvalue weighted by Gasteiger charge is -2.31. The first kappa shape index (κ1) is 17.4. The highest BCUT2D eigenvalue weighted by Crippen LogP contribution is 2.32. The van der Waals surface area contributed by atoms with Crippen LogP contribution in [-0.2, 0) is 11.3 Å². The second-order valence-electron chi connectivity index (χ2n) is 6.73. The Morgan fingerprint density at radius 3 is 2.56 bits per heavy atom. The van der Waals surface area contributed by atoms with Crippen LogP contribution in [0.1, 0.15) is 23.6 Å². The molecule has 1 fully saturated rings. The summed E-state index contributed by atoms with van der Waals surface area (Å²) in [7, 11) is 3.31. The van der Waals surface area contributed by atoms with Gasteiger partial charge >= 0.3 is 0 Å². The summed E-state index contributed by atoms with van der Waals surface area (Å²) < 4.78 is 10.5. The van der Waals surface area contributed by atoms with Crippen molar-refractivity contribution in [3.05, 3.63) is 72.1 Å². The van der Waals surface area contributed by atoms with E-state index in [9.17, 15) is 4.79 Å². The molecule has 2 aliphatic heterocycles. The van der Waals surface area contributed by atoms with E-state index >= 15 is 0 Å². The van der Waals surface area contributed by atoms with Crippen molar-refractivity contribution >= 4 is 5.91 Å². The molecule has 2 unspecified atom stereocenters. The molecule has 27 heavy (non-hydrogen) atoms. The fourth-order valence-electron chi connectivity index (χ4n) is 3.57. The summed E-state index contributed by atoms with van der Waals surface area (Å²) in [6.07, 6.45) is 4.50. The van der Waals surface area contributed by atoms with Crippen LogP contribution in [-0.4, -0.2) is 36.1 Å². The smallest absolute Gasteiger partial charge is 0.251 e. The van der Waals surface area contributed by atoms with Gasteiger partial charge in [0, 0.05) is 12.4 Å². The average molecular weight is 365 g/mol. The van der Waals surface area contributed by atoms with Gasteiger partial charge in [0.2, 0.25) is 0 Å². The molecule has 0 spiro atoms. The molecule has 2 aromatic carbocycles. The van der Waals surface area contributed by atoms with Gasteiger partial charge in [-0.2, -0.15) is 0 Å². The number of rotatable bonds is 5. The number of methoxy groups -OCH3 is 2. The van der Waals surface area contributed by atoms with Gasteiger partial charge in [0.25, 0.3) is 5.91 Å². The van der Waals surface area contributed by atoms with Gasteiger partial charge in [-0.25, -0.2) is 5.43 Å². The molecule has 1 N–H and O–H groups in total. The lowest BCUT2D eigenvalue weighted by Crippen LogP contribution is -2.47. The molecule has 2 aromatic rings. The predicted octanol–water partition coefficient (Wildman–Crippen LogP) is 2.84. The fourth-order valence-corrected chi connectivity index (χ4v) is 3.57. The number of nitrogens with zero attached hydrogens (tertiary/aromatic N) is 2. The third-order valence-electron chi connectivity index (χ3n) is 5.08. The number of amides is 1. The fraction of sp³-hybridized carbons (Fsp3) is 0.286. The first-order chi connectivity index (χ1) is 13.2. The molecule has 1 amide bonds. The molecule has 0 saturated carbocycles. The maximum absolute atomic E-state index is 13.0. The number of nitrogens with one attached hydrogen (secondary N) is 1. The number of benzene rings is 2.